The summed E-state index contributed by atoms with van der Waals surface area (Å²) in [6.45, 7) is 13.0. The molecular weight excluding hydrogens is 244 g/mol. The third-order valence-electron chi connectivity index (χ3n) is 3.23. The second-order valence-electron chi connectivity index (χ2n) is 7.33. The Morgan fingerprint density at radius 3 is 1.85 bits per heavy atom. The summed E-state index contributed by atoms with van der Waals surface area (Å²) in [5.74, 6) is 0.906. The van der Waals surface area contributed by atoms with Crippen LogP contribution in [0, 0.1) is 0 Å². The fraction of sp³-hybridized carbons (Fsp3) is 0.444. The monoisotopic (exact) mass is 268 g/mol. The maximum Gasteiger partial charge on any atom is 0.134 e. The highest BCUT2D eigenvalue weighted by atomic mass is 14.9. The van der Waals surface area contributed by atoms with Crippen LogP contribution in [-0.2, 0) is 10.8 Å². The van der Waals surface area contributed by atoms with Gasteiger partial charge in [-0.2, -0.15) is 0 Å². The Bertz CT molecular complexity index is 555. The Labute approximate surface area is 122 Å². The van der Waals surface area contributed by atoms with Gasteiger partial charge >= 0.3 is 0 Å². The molecule has 1 aromatic carbocycles. The molecular formula is C18H24N2. The van der Waals surface area contributed by atoms with Crippen molar-refractivity contribution >= 4 is 0 Å². The second-order valence-corrected chi connectivity index (χ2v) is 7.33. The maximum atomic E-state index is 4.79. The largest absolute Gasteiger partial charge is 0.237 e. The van der Waals surface area contributed by atoms with Crippen molar-refractivity contribution < 1.29 is 0 Å². The van der Waals surface area contributed by atoms with Crippen LogP contribution in [0.25, 0.3) is 11.3 Å². The van der Waals surface area contributed by atoms with Gasteiger partial charge in [0.05, 0.1) is 11.4 Å². The molecule has 0 amide bonds. The van der Waals surface area contributed by atoms with E-state index >= 15 is 0 Å². The van der Waals surface area contributed by atoms with Gasteiger partial charge in [0.25, 0.3) is 0 Å². The third-order valence-corrected chi connectivity index (χ3v) is 3.23. The molecule has 2 rings (SSSR count). The molecule has 0 aliphatic heterocycles. The summed E-state index contributed by atoms with van der Waals surface area (Å²) < 4.78 is 0. The zero-order chi connectivity index (χ0) is 15.0. The SMILES string of the molecule is CC(C)(C)c1cc(-c2ccccc2)nc(C(C)(C)C)n1. The highest BCUT2D eigenvalue weighted by Crippen LogP contribution is 2.28. The molecule has 2 heteroatoms. The van der Waals surface area contributed by atoms with E-state index in [9.17, 15) is 0 Å². The Morgan fingerprint density at radius 1 is 0.750 bits per heavy atom. The van der Waals surface area contributed by atoms with E-state index in [0.29, 0.717) is 0 Å². The highest BCUT2D eigenvalue weighted by Gasteiger charge is 2.23. The van der Waals surface area contributed by atoms with E-state index in [0.717, 1.165) is 22.8 Å². The first-order chi connectivity index (χ1) is 9.18. The van der Waals surface area contributed by atoms with E-state index in [4.69, 9.17) is 9.97 Å². The van der Waals surface area contributed by atoms with Crippen molar-refractivity contribution in [3.05, 3.63) is 47.9 Å². The minimum atomic E-state index is -0.0508. The second kappa shape index (κ2) is 5.01. The van der Waals surface area contributed by atoms with Crippen molar-refractivity contribution in [2.24, 2.45) is 0 Å². The van der Waals surface area contributed by atoms with Crippen molar-refractivity contribution in [3.8, 4) is 11.3 Å². The maximum absolute atomic E-state index is 4.79. The standard InChI is InChI=1S/C18H24N2/c1-17(2,3)15-12-14(13-10-8-7-9-11-13)19-16(20-15)18(4,5)6/h7-12H,1-6H3. The van der Waals surface area contributed by atoms with Gasteiger partial charge in [0.15, 0.2) is 0 Å². The molecule has 0 atom stereocenters. The lowest BCUT2D eigenvalue weighted by Crippen LogP contribution is -2.22. The van der Waals surface area contributed by atoms with Crippen LogP contribution in [0.5, 0.6) is 0 Å². The van der Waals surface area contributed by atoms with Gasteiger partial charge in [-0.3, -0.25) is 0 Å². The number of aromatic nitrogens is 2. The van der Waals surface area contributed by atoms with Crippen LogP contribution in [0.15, 0.2) is 36.4 Å². The molecule has 106 valence electrons. The Hall–Kier alpha value is -1.70. The molecule has 2 aromatic rings. The van der Waals surface area contributed by atoms with Crippen molar-refractivity contribution in [2.75, 3.05) is 0 Å². The number of hydrogen-bond donors (Lipinski definition) is 0. The topological polar surface area (TPSA) is 25.8 Å². The van der Waals surface area contributed by atoms with Gasteiger partial charge in [-0.05, 0) is 6.07 Å². The number of rotatable bonds is 1. The summed E-state index contributed by atoms with van der Waals surface area (Å²) >= 11 is 0. The molecule has 2 nitrogen and oxygen atoms in total. The van der Waals surface area contributed by atoms with Crippen LogP contribution in [0.3, 0.4) is 0 Å². The normalized spacial score (nSPS) is 12.5. The predicted molar refractivity (Wildman–Crippen MR) is 84.9 cm³/mol. The molecule has 0 saturated carbocycles. The fourth-order valence-corrected chi connectivity index (χ4v) is 1.92. The first-order valence-corrected chi connectivity index (χ1v) is 7.13. The van der Waals surface area contributed by atoms with Crippen molar-refractivity contribution in [3.63, 3.8) is 0 Å². The molecule has 0 radical (unpaired) electrons. The first kappa shape index (κ1) is 14.7. The average Bonchev–Trinajstić information content (AvgIpc) is 2.37. The molecule has 0 fully saturated rings. The van der Waals surface area contributed by atoms with E-state index < -0.39 is 0 Å². The summed E-state index contributed by atoms with van der Waals surface area (Å²) in [5, 5.41) is 0. The molecule has 20 heavy (non-hydrogen) atoms. The number of nitrogens with zero attached hydrogens (tertiary/aromatic N) is 2. The quantitative estimate of drug-likeness (QED) is 0.746. The van der Waals surface area contributed by atoms with Crippen LogP contribution in [0.2, 0.25) is 0 Å². The van der Waals surface area contributed by atoms with Crippen LogP contribution < -0.4 is 0 Å². The van der Waals surface area contributed by atoms with Crippen LogP contribution in [0.4, 0.5) is 0 Å². The zero-order valence-corrected chi connectivity index (χ0v) is 13.4. The number of benzene rings is 1. The summed E-state index contributed by atoms with van der Waals surface area (Å²) in [4.78, 5) is 9.57. The first-order valence-electron chi connectivity index (χ1n) is 7.13. The summed E-state index contributed by atoms with van der Waals surface area (Å²) in [7, 11) is 0. The molecule has 0 bridgehead atoms. The van der Waals surface area contributed by atoms with Crippen molar-refractivity contribution in [2.45, 2.75) is 52.4 Å². The van der Waals surface area contributed by atoms with Gasteiger partial charge in [0.2, 0.25) is 0 Å². The van der Waals surface area contributed by atoms with E-state index in [1.807, 2.05) is 18.2 Å². The average molecular weight is 268 g/mol. The molecule has 0 spiro atoms. The molecule has 0 saturated heterocycles. The van der Waals surface area contributed by atoms with Crippen molar-refractivity contribution in [1.82, 2.24) is 9.97 Å². The van der Waals surface area contributed by atoms with E-state index in [2.05, 4.69) is 59.7 Å². The van der Waals surface area contributed by atoms with E-state index in [1.165, 1.54) is 0 Å². The van der Waals surface area contributed by atoms with Gasteiger partial charge in [0, 0.05) is 16.4 Å². The van der Waals surface area contributed by atoms with Gasteiger partial charge in [-0.15, -0.1) is 0 Å². The smallest absolute Gasteiger partial charge is 0.134 e. The van der Waals surface area contributed by atoms with Gasteiger partial charge in [-0.1, -0.05) is 71.9 Å². The Kier molecular flexibility index (Phi) is 3.68. The molecule has 0 unspecified atom stereocenters. The minimum Gasteiger partial charge on any atom is -0.237 e. The molecule has 1 aromatic heterocycles. The van der Waals surface area contributed by atoms with Gasteiger partial charge in [0.1, 0.15) is 5.82 Å². The molecule has 1 heterocycles. The summed E-state index contributed by atoms with van der Waals surface area (Å²) in [6.07, 6.45) is 0. The van der Waals surface area contributed by atoms with Crippen LogP contribution in [0.1, 0.15) is 53.1 Å². The summed E-state index contributed by atoms with van der Waals surface area (Å²) in [6, 6.07) is 12.4. The predicted octanol–water partition coefficient (Wildman–Crippen LogP) is 4.74. The third kappa shape index (κ3) is 3.24. The van der Waals surface area contributed by atoms with Crippen molar-refractivity contribution in [1.29, 1.82) is 0 Å². The molecule has 0 aliphatic rings. The Morgan fingerprint density at radius 2 is 1.35 bits per heavy atom. The van der Waals surface area contributed by atoms with Gasteiger partial charge in [-0.25, -0.2) is 9.97 Å². The molecule has 0 N–H and O–H groups in total. The van der Waals surface area contributed by atoms with Crippen LogP contribution in [-0.4, -0.2) is 9.97 Å². The number of hydrogen-bond acceptors (Lipinski definition) is 2. The molecule has 0 aliphatic carbocycles. The zero-order valence-electron chi connectivity index (χ0n) is 13.4. The summed E-state index contributed by atoms with van der Waals surface area (Å²) in [5.41, 5.74) is 3.22. The lowest BCUT2D eigenvalue weighted by molar-refractivity contribution is 0.514. The lowest BCUT2D eigenvalue weighted by Gasteiger charge is -2.23. The Balaban J connectivity index is 2.64. The lowest BCUT2D eigenvalue weighted by atomic mass is 9.89. The van der Waals surface area contributed by atoms with Crippen LogP contribution >= 0.6 is 0 Å². The fourth-order valence-electron chi connectivity index (χ4n) is 1.92. The van der Waals surface area contributed by atoms with Gasteiger partial charge < -0.3 is 0 Å². The van der Waals surface area contributed by atoms with E-state index in [-0.39, 0.29) is 10.8 Å². The highest BCUT2D eigenvalue weighted by molar-refractivity contribution is 5.59. The van der Waals surface area contributed by atoms with E-state index in [1.54, 1.807) is 0 Å². The minimum absolute atomic E-state index is 0.0203.